The van der Waals surface area contributed by atoms with E-state index in [1.54, 1.807) is 0 Å². The molecule has 0 fully saturated rings. The second-order valence-corrected chi connectivity index (χ2v) is 8.90. The van der Waals surface area contributed by atoms with Crippen LogP contribution in [0, 0.1) is 13.8 Å². The summed E-state index contributed by atoms with van der Waals surface area (Å²) in [4.78, 5) is 0. The Morgan fingerprint density at radius 3 is 1.21 bits per heavy atom. The molecular formula is C30H26N4. The predicted octanol–water partition coefficient (Wildman–Crippen LogP) is 7.02. The van der Waals surface area contributed by atoms with Crippen LogP contribution in [0.15, 0.2) is 97.1 Å². The topological polar surface area (TPSA) is 61.9 Å². The third kappa shape index (κ3) is 2.92. The SMILES string of the molecule is Cc1ccc(-n2c(-c3c(N)c4ccccc4n3-c3ccc(C)cc3)c(N)c3ccccc32)cc1. The zero-order valence-electron chi connectivity index (χ0n) is 19.3. The molecule has 0 bridgehead atoms. The summed E-state index contributed by atoms with van der Waals surface area (Å²) in [6, 6.07) is 33.6. The van der Waals surface area contributed by atoms with Crippen molar-refractivity contribution in [1.29, 1.82) is 0 Å². The number of aryl methyl sites for hydroxylation is 2. The van der Waals surface area contributed by atoms with Gasteiger partial charge in [0, 0.05) is 22.1 Å². The number of rotatable bonds is 3. The Morgan fingerprint density at radius 2 is 0.824 bits per heavy atom. The number of nitrogens with zero attached hydrogens (tertiary/aromatic N) is 2. The summed E-state index contributed by atoms with van der Waals surface area (Å²) in [5.74, 6) is 0. The Hall–Kier alpha value is -4.44. The highest BCUT2D eigenvalue weighted by Gasteiger charge is 2.25. The molecule has 0 saturated carbocycles. The van der Waals surface area contributed by atoms with Gasteiger partial charge in [0.2, 0.25) is 0 Å². The van der Waals surface area contributed by atoms with Crippen LogP contribution in [0.5, 0.6) is 0 Å². The first-order chi connectivity index (χ1) is 16.5. The van der Waals surface area contributed by atoms with Gasteiger partial charge in [-0.3, -0.25) is 0 Å². The summed E-state index contributed by atoms with van der Waals surface area (Å²) in [5, 5.41) is 2.02. The lowest BCUT2D eigenvalue weighted by molar-refractivity contribution is 1.07. The number of hydrogen-bond donors (Lipinski definition) is 2. The zero-order valence-corrected chi connectivity index (χ0v) is 19.3. The first kappa shape index (κ1) is 20.2. The van der Waals surface area contributed by atoms with E-state index in [9.17, 15) is 0 Å². The minimum atomic E-state index is 0.721. The van der Waals surface area contributed by atoms with E-state index in [0.717, 1.165) is 55.9 Å². The minimum absolute atomic E-state index is 0.721. The van der Waals surface area contributed by atoms with E-state index in [0.29, 0.717) is 0 Å². The number of benzene rings is 4. The van der Waals surface area contributed by atoms with Crippen LogP contribution in [0.2, 0.25) is 0 Å². The number of nitrogens with two attached hydrogens (primary N) is 2. The van der Waals surface area contributed by atoms with Gasteiger partial charge >= 0.3 is 0 Å². The average molecular weight is 443 g/mol. The molecule has 6 rings (SSSR count). The van der Waals surface area contributed by atoms with Crippen LogP contribution in [0.25, 0.3) is 44.6 Å². The van der Waals surface area contributed by atoms with Crippen LogP contribution in [0.1, 0.15) is 11.1 Å². The van der Waals surface area contributed by atoms with E-state index >= 15 is 0 Å². The minimum Gasteiger partial charge on any atom is -0.396 e. The van der Waals surface area contributed by atoms with E-state index in [2.05, 4.69) is 108 Å². The largest absolute Gasteiger partial charge is 0.396 e. The lowest BCUT2D eigenvalue weighted by Gasteiger charge is -2.16. The number of nitrogen functional groups attached to an aromatic ring is 2. The molecule has 0 atom stereocenters. The van der Waals surface area contributed by atoms with Gasteiger partial charge in [-0.25, -0.2) is 0 Å². The van der Waals surface area contributed by atoms with E-state index in [1.807, 2.05) is 12.1 Å². The molecule has 0 spiro atoms. The second kappa shape index (κ2) is 7.56. The van der Waals surface area contributed by atoms with Gasteiger partial charge in [-0.05, 0) is 50.2 Å². The second-order valence-electron chi connectivity index (χ2n) is 8.90. The summed E-state index contributed by atoms with van der Waals surface area (Å²) >= 11 is 0. The maximum atomic E-state index is 6.91. The Morgan fingerprint density at radius 1 is 0.471 bits per heavy atom. The highest BCUT2D eigenvalue weighted by molar-refractivity contribution is 6.09. The van der Waals surface area contributed by atoms with E-state index in [1.165, 1.54) is 11.1 Å². The van der Waals surface area contributed by atoms with Crippen LogP contribution in [0.3, 0.4) is 0 Å². The lowest BCUT2D eigenvalue weighted by Crippen LogP contribution is -2.05. The molecule has 0 radical (unpaired) electrons. The van der Waals surface area contributed by atoms with Crippen molar-refractivity contribution >= 4 is 33.2 Å². The number of anilines is 2. The molecule has 0 aliphatic carbocycles. The molecule has 0 aliphatic heterocycles. The van der Waals surface area contributed by atoms with Crippen molar-refractivity contribution < 1.29 is 0 Å². The van der Waals surface area contributed by atoms with Gasteiger partial charge in [0.15, 0.2) is 0 Å². The summed E-state index contributed by atoms with van der Waals surface area (Å²) in [7, 11) is 0. The molecule has 166 valence electrons. The smallest absolute Gasteiger partial charge is 0.0964 e. The molecule has 0 amide bonds. The van der Waals surface area contributed by atoms with E-state index in [-0.39, 0.29) is 0 Å². The maximum absolute atomic E-state index is 6.91. The molecular weight excluding hydrogens is 416 g/mol. The monoisotopic (exact) mass is 442 g/mol. The highest BCUT2D eigenvalue weighted by atomic mass is 15.1. The van der Waals surface area contributed by atoms with Crippen molar-refractivity contribution in [3.05, 3.63) is 108 Å². The Labute approximate surface area is 198 Å². The van der Waals surface area contributed by atoms with E-state index < -0.39 is 0 Å². The van der Waals surface area contributed by atoms with Gasteiger partial charge in [0.05, 0.1) is 33.8 Å². The molecule has 4 nitrogen and oxygen atoms in total. The van der Waals surface area contributed by atoms with Crippen molar-refractivity contribution in [2.24, 2.45) is 0 Å². The third-order valence-corrected chi connectivity index (χ3v) is 6.64. The first-order valence-corrected chi connectivity index (χ1v) is 11.5. The van der Waals surface area contributed by atoms with Crippen molar-refractivity contribution in [2.75, 3.05) is 11.5 Å². The molecule has 2 heterocycles. The summed E-state index contributed by atoms with van der Waals surface area (Å²) < 4.78 is 4.47. The average Bonchev–Trinajstić information content (AvgIpc) is 3.31. The van der Waals surface area contributed by atoms with Crippen LogP contribution in [0.4, 0.5) is 11.4 Å². The number of aromatic nitrogens is 2. The van der Waals surface area contributed by atoms with Gasteiger partial charge in [0.1, 0.15) is 0 Å². The molecule has 4 heteroatoms. The Kier molecular flexibility index (Phi) is 4.49. The Bertz CT molecular complexity index is 1540. The van der Waals surface area contributed by atoms with Crippen molar-refractivity contribution in [3.63, 3.8) is 0 Å². The van der Waals surface area contributed by atoms with Crippen LogP contribution in [-0.4, -0.2) is 9.13 Å². The predicted molar refractivity (Wildman–Crippen MR) is 144 cm³/mol. The zero-order chi connectivity index (χ0) is 23.4. The fraction of sp³-hybridized carbons (Fsp3) is 0.0667. The standard InChI is InChI=1S/C30H26N4/c1-19-11-15-21(16-12-19)33-25-9-5-3-7-23(25)27(31)29(33)30-28(32)24-8-4-6-10-26(24)34(30)22-17-13-20(2)14-18-22/h3-18H,31-32H2,1-2H3. The van der Waals surface area contributed by atoms with Crippen LogP contribution >= 0.6 is 0 Å². The molecule has 0 unspecified atom stereocenters. The van der Waals surface area contributed by atoms with Crippen molar-refractivity contribution in [2.45, 2.75) is 13.8 Å². The molecule has 0 saturated heterocycles. The number of para-hydroxylation sites is 2. The van der Waals surface area contributed by atoms with E-state index in [4.69, 9.17) is 11.5 Å². The fourth-order valence-corrected chi connectivity index (χ4v) is 4.92. The molecule has 4 N–H and O–H groups in total. The number of hydrogen-bond acceptors (Lipinski definition) is 2. The van der Waals surface area contributed by atoms with Gasteiger partial charge in [0.25, 0.3) is 0 Å². The van der Waals surface area contributed by atoms with Crippen LogP contribution in [-0.2, 0) is 0 Å². The molecule has 2 aromatic heterocycles. The quantitative estimate of drug-likeness (QED) is 0.309. The first-order valence-electron chi connectivity index (χ1n) is 11.5. The van der Waals surface area contributed by atoms with Crippen molar-refractivity contribution in [1.82, 2.24) is 9.13 Å². The fourth-order valence-electron chi connectivity index (χ4n) is 4.92. The molecule has 0 aliphatic rings. The summed E-state index contributed by atoms with van der Waals surface area (Å²) in [5.41, 5.74) is 23.7. The summed E-state index contributed by atoms with van der Waals surface area (Å²) in [6.07, 6.45) is 0. The maximum Gasteiger partial charge on any atom is 0.0964 e. The van der Waals surface area contributed by atoms with Gasteiger partial charge in [-0.15, -0.1) is 0 Å². The molecule has 34 heavy (non-hydrogen) atoms. The highest BCUT2D eigenvalue weighted by Crippen LogP contribution is 2.45. The van der Waals surface area contributed by atoms with Gasteiger partial charge in [-0.1, -0.05) is 71.8 Å². The van der Waals surface area contributed by atoms with Gasteiger partial charge < -0.3 is 20.6 Å². The normalized spacial score (nSPS) is 11.5. The molecule has 4 aromatic carbocycles. The summed E-state index contributed by atoms with van der Waals surface area (Å²) in [6.45, 7) is 4.19. The van der Waals surface area contributed by atoms with Gasteiger partial charge in [-0.2, -0.15) is 0 Å². The Balaban J connectivity index is 1.79. The lowest BCUT2D eigenvalue weighted by atomic mass is 10.1. The molecule has 6 aromatic rings. The van der Waals surface area contributed by atoms with Crippen molar-refractivity contribution in [3.8, 4) is 22.8 Å². The third-order valence-electron chi connectivity index (χ3n) is 6.64. The number of fused-ring (bicyclic) bond motifs is 2. The van der Waals surface area contributed by atoms with Crippen LogP contribution < -0.4 is 11.5 Å².